The van der Waals surface area contributed by atoms with Crippen molar-refractivity contribution in [2.24, 2.45) is 5.41 Å². The molecule has 2 aliphatic rings. The number of rotatable bonds is 11. The summed E-state index contributed by atoms with van der Waals surface area (Å²) < 4.78 is 55.2. The maximum atomic E-state index is 14.3. The van der Waals surface area contributed by atoms with Gasteiger partial charge in [0.1, 0.15) is 6.54 Å². The lowest BCUT2D eigenvalue weighted by atomic mass is 9.78. The van der Waals surface area contributed by atoms with Gasteiger partial charge >= 0.3 is 19.3 Å². The Balaban J connectivity index is 1.74. The van der Waals surface area contributed by atoms with Crippen LogP contribution < -0.4 is 10.4 Å². The van der Waals surface area contributed by atoms with Crippen LogP contribution in [0.2, 0.25) is 0 Å². The summed E-state index contributed by atoms with van der Waals surface area (Å²) in [4.78, 5) is 21.2. The number of pyridine rings is 1. The molecule has 2 fully saturated rings. The molecule has 244 valence electrons. The van der Waals surface area contributed by atoms with Crippen molar-refractivity contribution < 1.29 is 37.5 Å². The molecule has 13 heteroatoms. The highest BCUT2D eigenvalue weighted by molar-refractivity contribution is 6.58. The normalized spacial score (nSPS) is 17.2. The summed E-state index contributed by atoms with van der Waals surface area (Å²) in [6.45, 7) is 9.03. The number of esters is 1. The lowest BCUT2D eigenvalue weighted by molar-refractivity contribution is -0.144. The predicted octanol–water partition coefficient (Wildman–Crippen LogP) is 4.07. The molecule has 2 aromatic heterocycles. The number of carbonyl (C=O) groups excluding carboxylic acids is 1. The Bertz CT molecular complexity index is 1530. The van der Waals surface area contributed by atoms with Crippen molar-refractivity contribution in [2.75, 3.05) is 44.8 Å². The molecule has 3 aromatic rings. The van der Waals surface area contributed by atoms with Crippen LogP contribution in [0.15, 0.2) is 30.5 Å². The third kappa shape index (κ3) is 7.65. The van der Waals surface area contributed by atoms with Gasteiger partial charge in [-0.15, -0.1) is 0 Å². The van der Waals surface area contributed by atoms with Gasteiger partial charge in [0.2, 0.25) is 0 Å². The summed E-state index contributed by atoms with van der Waals surface area (Å²) in [5, 5.41) is 20.4. The zero-order valence-corrected chi connectivity index (χ0v) is 26.5. The average Bonchev–Trinajstić information content (AvgIpc) is 3.80. The Labute approximate surface area is 262 Å². The second-order valence-corrected chi connectivity index (χ2v) is 13.1. The molecule has 9 nitrogen and oxygen atoms in total. The number of hydrogen-bond acceptors (Lipinski definition) is 8. The van der Waals surface area contributed by atoms with Crippen LogP contribution in [0.1, 0.15) is 57.9 Å². The molecule has 1 aliphatic heterocycles. The summed E-state index contributed by atoms with van der Waals surface area (Å²) in [6, 6.07) is 7.02. The van der Waals surface area contributed by atoms with Crippen molar-refractivity contribution in [2.45, 2.75) is 71.8 Å². The van der Waals surface area contributed by atoms with E-state index in [-0.39, 0.29) is 18.5 Å². The van der Waals surface area contributed by atoms with E-state index in [2.05, 4.69) is 9.80 Å². The van der Waals surface area contributed by atoms with E-state index in [0.717, 1.165) is 31.9 Å². The van der Waals surface area contributed by atoms with Crippen molar-refractivity contribution in [3.63, 3.8) is 0 Å². The smallest absolute Gasteiger partial charge is 0.465 e. The van der Waals surface area contributed by atoms with Gasteiger partial charge in [-0.1, -0.05) is 26.0 Å². The van der Waals surface area contributed by atoms with Crippen LogP contribution in [0.5, 0.6) is 0 Å². The van der Waals surface area contributed by atoms with Crippen molar-refractivity contribution in [3.05, 3.63) is 41.7 Å². The molecule has 1 aromatic carbocycles. The number of piperazine rings is 1. The van der Waals surface area contributed by atoms with E-state index in [1.165, 1.54) is 49.6 Å². The third-order valence-electron chi connectivity index (χ3n) is 8.79. The van der Waals surface area contributed by atoms with Crippen molar-refractivity contribution in [1.82, 2.24) is 14.5 Å². The molecule has 5 rings (SSSR count). The van der Waals surface area contributed by atoms with E-state index in [4.69, 9.17) is 14.5 Å². The van der Waals surface area contributed by atoms with Gasteiger partial charge in [0.25, 0.3) is 0 Å². The van der Waals surface area contributed by atoms with Crippen LogP contribution in [0, 0.1) is 5.41 Å². The summed E-state index contributed by atoms with van der Waals surface area (Å²) in [5.74, 6) is -0.455. The molecule has 1 saturated heterocycles. The molecule has 0 radical (unpaired) electrons. The number of fused-ring (bicyclic) bond motifs is 1. The van der Waals surface area contributed by atoms with Crippen molar-refractivity contribution in [3.8, 4) is 11.3 Å². The summed E-state index contributed by atoms with van der Waals surface area (Å²) in [5.41, 5.74) is 2.48. The highest BCUT2D eigenvalue weighted by Crippen LogP contribution is 2.43. The molecule has 0 unspecified atom stereocenters. The Hall–Kier alpha value is -3.13. The summed E-state index contributed by atoms with van der Waals surface area (Å²) in [6.07, 6.45) is -0.641. The summed E-state index contributed by atoms with van der Waals surface area (Å²) in [7, 11) is -0.279. The van der Waals surface area contributed by atoms with E-state index in [1.807, 2.05) is 19.9 Å². The predicted molar refractivity (Wildman–Crippen MR) is 167 cm³/mol. The zero-order valence-electron chi connectivity index (χ0n) is 26.5. The van der Waals surface area contributed by atoms with E-state index in [0.29, 0.717) is 39.5 Å². The average molecular weight is 631 g/mol. The fraction of sp³-hybridized carbons (Fsp3) is 0.562. The number of carbonyl (C=O) groups is 1. The second kappa shape index (κ2) is 12.9. The van der Waals surface area contributed by atoms with Gasteiger partial charge in [0.05, 0.1) is 36.0 Å². The second-order valence-electron chi connectivity index (χ2n) is 13.1. The van der Waals surface area contributed by atoms with E-state index in [9.17, 15) is 28.0 Å². The largest absolute Gasteiger partial charge is 0.488 e. The van der Waals surface area contributed by atoms with Crippen molar-refractivity contribution >= 4 is 35.1 Å². The van der Waals surface area contributed by atoms with E-state index >= 15 is 0 Å². The number of halogens is 3. The number of benzene rings is 1. The van der Waals surface area contributed by atoms with Crippen LogP contribution in [-0.2, 0) is 27.2 Å². The molecule has 1 aliphatic carbocycles. The lowest BCUT2D eigenvalue weighted by Gasteiger charge is -2.36. The van der Waals surface area contributed by atoms with Crippen molar-refractivity contribution in [1.29, 1.82) is 0 Å². The number of nitrogens with zero attached hydrogens (tertiary/aromatic N) is 4. The number of hydrogen-bond donors (Lipinski definition) is 2. The maximum Gasteiger partial charge on any atom is 0.488 e. The SMILES string of the molecule is CO[C@@H](C)c1ncc(N2CCN(C3CC3)CC2)cc1-c1c(CC(C)(C)COC(C)=O)c2cc(B(O)O)ccc2n1CC(F)(F)F. The topological polar surface area (TPSA) is 100 Å². The molecule has 0 spiro atoms. The van der Waals surface area contributed by atoms with Crippen LogP contribution >= 0.6 is 0 Å². The Morgan fingerprint density at radius 1 is 1.13 bits per heavy atom. The third-order valence-corrected chi connectivity index (χ3v) is 8.79. The first-order valence-corrected chi connectivity index (χ1v) is 15.4. The molecule has 1 atom stereocenters. The number of alkyl halides is 3. The number of ether oxygens (including phenoxy) is 2. The van der Waals surface area contributed by atoms with Gasteiger partial charge < -0.3 is 29.0 Å². The zero-order chi connectivity index (χ0) is 32.7. The standard InChI is InChI=1S/C32H42BF3N4O5/c1-20(44-5)29-26(15-24(17-37-29)39-12-10-38(11-13-39)23-7-8-23)30-27(16-31(3,4)19-45-21(2)41)25-14-22(33(42)43)6-9-28(25)40(30)18-32(34,35)36/h6,9,14-15,17,20,23,42-43H,7-8,10-13,16,18-19H2,1-5H3/t20-/m0/s1. The van der Waals surface area contributed by atoms with E-state index in [1.54, 1.807) is 13.1 Å². The Morgan fingerprint density at radius 3 is 2.40 bits per heavy atom. The first kappa shape index (κ1) is 33.2. The van der Waals surface area contributed by atoms with Gasteiger partial charge in [-0.25, -0.2) is 0 Å². The molecular weight excluding hydrogens is 588 g/mol. The molecule has 1 saturated carbocycles. The molecule has 2 N–H and O–H groups in total. The minimum atomic E-state index is -4.56. The monoisotopic (exact) mass is 630 g/mol. The van der Waals surface area contributed by atoms with Crippen LogP contribution in [0.4, 0.5) is 18.9 Å². The number of aromatic nitrogens is 2. The Morgan fingerprint density at radius 2 is 1.82 bits per heavy atom. The molecule has 3 heterocycles. The number of methoxy groups -OCH3 is 1. The molecular formula is C32H42BF3N4O5. The van der Waals surface area contributed by atoms with Gasteiger partial charge in [-0.05, 0) is 49.3 Å². The van der Waals surface area contributed by atoms with Gasteiger partial charge in [-0.2, -0.15) is 13.2 Å². The molecule has 0 amide bonds. The fourth-order valence-electron chi connectivity index (χ4n) is 6.31. The number of anilines is 1. The minimum absolute atomic E-state index is 0.0426. The lowest BCUT2D eigenvalue weighted by Crippen LogP contribution is -2.47. The maximum absolute atomic E-state index is 14.3. The van der Waals surface area contributed by atoms with Gasteiger partial charge in [0, 0.05) is 68.1 Å². The quantitative estimate of drug-likeness (QED) is 0.242. The first-order valence-electron chi connectivity index (χ1n) is 15.4. The van der Waals surface area contributed by atoms with Crippen LogP contribution in [0.3, 0.4) is 0 Å². The molecule has 0 bridgehead atoms. The highest BCUT2D eigenvalue weighted by Gasteiger charge is 2.36. The highest BCUT2D eigenvalue weighted by atomic mass is 19.4. The van der Waals surface area contributed by atoms with Crippen LogP contribution in [0.25, 0.3) is 22.2 Å². The van der Waals surface area contributed by atoms with Crippen LogP contribution in [-0.4, -0.2) is 89.7 Å². The first-order chi connectivity index (χ1) is 21.2. The summed E-state index contributed by atoms with van der Waals surface area (Å²) >= 11 is 0. The van der Waals surface area contributed by atoms with Gasteiger partial charge in [0.15, 0.2) is 0 Å². The van der Waals surface area contributed by atoms with E-state index < -0.39 is 37.3 Å². The van der Waals surface area contributed by atoms with Gasteiger partial charge in [-0.3, -0.25) is 14.7 Å². The molecule has 45 heavy (non-hydrogen) atoms. The Kier molecular flexibility index (Phi) is 9.56. The fourth-order valence-corrected chi connectivity index (χ4v) is 6.31. The minimum Gasteiger partial charge on any atom is -0.465 e.